The van der Waals surface area contributed by atoms with Crippen LogP contribution in [0.4, 0.5) is 0 Å². The number of fused-ring (bicyclic) bond motifs is 3. The lowest BCUT2D eigenvalue weighted by atomic mass is 9.75. The number of methoxy groups -OCH3 is 2. The van der Waals surface area contributed by atoms with Crippen LogP contribution in [0.2, 0.25) is 0 Å². The summed E-state index contributed by atoms with van der Waals surface area (Å²) in [4.78, 5) is 7.76. The van der Waals surface area contributed by atoms with Crippen LogP contribution in [0.15, 0.2) is 29.3 Å². The predicted octanol–water partition coefficient (Wildman–Crippen LogP) is 4.95. The third-order valence-electron chi connectivity index (χ3n) is 5.21. The first-order chi connectivity index (χ1) is 11.7. The molecule has 1 aliphatic heterocycles. The molecule has 0 spiro atoms. The van der Waals surface area contributed by atoms with Crippen LogP contribution < -0.4 is 9.47 Å². The Morgan fingerprint density at radius 3 is 2.50 bits per heavy atom. The zero-order chi connectivity index (χ0) is 16.7. The van der Waals surface area contributed by atoms with E-state index in [4.69, 9.17) is 14.5 Å². The van der Waals surface area contributed by atoms with Gasteiger partial charge in [-0.3, -0.25) is 4.99 Å². The third kappa shape index (κ3) is 2.53. The molecule has 1 aliphatic carbocycles. The molecule has 0 amide bonds. The van der Waals surface area contributed by atoms with Crippen molar-refractivity contribution in [1.82, 2.24) is 0 Å². The minimum Gasteiger partial charge on any atom is -0.493 e. The van der Waals surface area contributed by atoms with Crippen LogP contribution in [0.25, 0.3) is 0 Å². The number of thiophene rings is 1. The second-order valence-electron chi connectivity index (χ2n) is 6.64. The summed E-state index contributed by atoms with van der Waals surface area (Å²) < 4.78 is 11.1. The molecule has 0 N–H and O–H groups in total. The van der Waals surface area contributed by atoms with E-state index in [9.17, 15) is 0 Å². The first-order valence-corrected chi connectivity index (χ1v) is 9.44. The van der Waals surface area contributed by atoms with E-state index in [1.54, 1.807) is 14.2 Å². The van der Waals surface area contributed by atoms with Gasteiger partial charge in [0.25, 0.3) is 0 Å². The highest BCUT2D eigenvalue weighted by Crippen LogP contribution is 2.45. The van der Waals surface area contributed by atoms with Gasteiger partial charge in [0, 0.05) is 16.4 Å². The van der Waals surface area contributed by atoms with Crippen LogP contribution in [-0.2, 0) is 0 Å². The Kier molecular flexibility index (Phi) is 4.09. The van der Waals surface area contributed by atoms with Gasteiger partial charge < -0.3 is 9.47 Å². The van der Waals surface area contributed by atoms with Gasteiger partial charge in [0.2, 0.25) is 0 Å². The highest BCUT2D eigenvalue weighted by molar-refractivity contribution is 7.14. The lowest BCUT2D eigenvalue weighted by molar-refractivity contribution is 0.349. The molecule has 2 aliphatic rings. The summed E-state index contributed by atoms with van der Waals surface area (Å²) in [7, 11) is 3.41. The van der Waals surface area contributed by atoms with Crippen LogP contribution in [0, 0.1) is 6.92 Å². The molecule has 4 rings (SSSR count). The minimum atomic E-state index is 0.404. The fraction of sp³-hybridized carbons (Fsp3) is 0.450. The Bertz CT molecular complexity index is 793. The molecular weight excluding hydrogens is 318 g/mol. The van der Waals surface area contributed by atoms with Crippen LogP contribution in [0.5, 0.6) is 11.5 Å². The number of aliphatic imine (C=N–C) groups is 1. The normalized spacial score (nSPS) is 22.4. The molecule has 0 radical (unpaired) electrons. The first kappa shape index (κ1) is 15.7. The standard InChI is InChI=1S/C20H23NO2S/c1-12-8-9-19(24-12)20-15-11-18(23-3)17(22-2)10-14(15)13-6-4-5-7-16(13)21-20/h8-11,13,16H,4-7H2,1-3H3/t13-,16-/m0/s1. The summed E-state index contributed by atoms with van der Waals surface area (Å²) in [6.07, 6.45) is 4.97. The molecule has 3 nitrogen and oxygen atoms in total. The van der Waals surface area contributed by atoms with Crippen molar-refractivity contribution in [2.24, 2.45) is 4.99 Å². The van der Waals surface area contributed by atoms with Gasteiger partial charge in [-0.1, -0.05) is 12.8 Å². The van der Waals surface area contributed by atoms with E-state index in [0.29, 0.717) is 12.0 Å². The van der Waals surface area contributed by atoms with E-state index >= 15 is 0 Å². The van der Waals surface area contributed by atoms with Crippen LogP contribution >= 0.6 is 11.3 Å². The summed E-state index contributed by atoms with van der Waals surface area (Å²) in [5.74, 6) is 2.12. The lowest BCUT2D eigenvalue weighted by Crippen LogP contribution is -2.29. The Hall–Kier alpha value is -1.81. The Morgan fingerprint density at radius 2 is 1.79 bits per heavy atom. The molecule has 2 atom stereocenters. The number of rotatable bonds is 3. The topological polar surface area (TPSA) is 30.8 Å². The molecule has 1 aromatic heterocycles. The number of benzene rings is 1. The second kappa shape index (κ2) is 6.25. The number of aryl methyl sites for hydroxylation is 1. The average molecular weight is 341 g/mol. The van der Waals surface area contributed by atoms with Gasteiger partial charge in [0.1, 0.15) is 0 Å². The predicted molar refractivity (Wildman–Crippen MR) is 99.2 cm³/mol. The maximum absolute atomic E-state index is 5.56. The molecule has 0 unspecified atom stereocenters. The van der Waals surface area contributed by atoms with Gasteiger partial charge in [0.05, 0.1) is 30.9 Å². The molecule has 1 saturated carbocycles. The Labute approximate surface area is 147 Å². The third-order valence-corrected chi connectivity index (χ3v) is 6.22. The molecule has 1 aromatic carbocycles. The second-order valence-corrected chi connectivity index (χ2v) is 7.93. The van der Waals surface area contributed by atoms with Crippen molar-refractivity contribution in [3.05, 3.63) is 45.1 Å². The van der Waals surface area contributed by atoms with Gasteiger partial charge in [-0.25, -0.2) is 0 Å². The summed E-state index contributed by atoms with van der Waals surface area (Å²) in [5.41, 5.74) is 3.73. The zero-order valence-corrected chi connectivity index (χ0v) is 15.3. The maximum Gasteiger partial charge on any atom is 0.161 e. The van der Waals surface area contributed by atoms with Gasteiger partial charge in [-0.05, 0) is 49.6 Å². The fourth-order valence-corrected chi connectivity index (χ4v) is 4.91. The number of hydrogen-bond acceptors (Lipinski definition) is 4. The zero-order valence-electron chi connectivity index (χ0n) is 14.5. The average Bonchev–Trinajstić information content (AvgIpc) is 3.06. The quantitative estimate of drug-likeness (QED) is 0.791. The fourth-order valence-electron chi connectivity index (χ4n) is 4.03. The molecular formula is C20H23NO2S. The summed E-state index contributed by atoms with van der Waals surface area (Å²) >= 11 is 1.82. The monoisotopic (exact) mass is 341 g/mol. The molecule has 126 valence electrons. The van der Waals surface area contributed by atoms with Crippen molar-refractivity contribution in [2.45, 2.75) is 44.6 Å². The maximum atomic E-state index is 5.56. The van der Waals surface area contributed by atoms with Gasteiger partial charge in [-0.2, -0.15) is 0 Å². The summed E-state index contributed by atoms with van der Waals surface area (Å²) in [6, 6.07) is 9.08. The van der Waals surface area contributed by atoms with E-state index < -0.39 is 0 Å². The van der Waals surface area contributed by atoms with Gasteiger partial charge >= 0.3 is 0 Å². The summed E-state index contributed by atoms with van der Waals surface area (Å²) in [6.45, 7) is 2.15. The lowest BCUT2D eigenvalue weighted by Gasteiger charge is -2.35. The molecule has 0 saturated heterocycles. The van der Waals surface area contributed by atoms with E-state index in [2.05, 4.69) is 31.2 Å². The molecule has 2 heterocycles. The molecule has 1 fully saturated rings. The van der Waals surface area contributed by atoms with Crippen molar-refractivity contribution >= 4 is 17.0 Å². The van der Waals surface area contributed by atoms with E-state index in [0.717, 1.165) is 17.2 Å². The smallest absolute Gasteiger partial charge is 0.161 e. The van der Waals surface area contributed by atoms with E-state index in [1.165, 1.54) is 46.6 Å². The van der Waals surface area contributed by atoms with Crippen molar-refractivity contribution < 1.29 is 9.47 Å². The largest absolute Gasteiger partial charge is 0.493 e. The molecule has 24 heavy (non-hydrogen) atoms. The van der Waals surface area contributed by atoms with Gasteiger partial charge in [0.15, 0.2) is 11.5 Å². The molecule has 4 heteroatoms. The van der Waals surface area contributed by atoms with Crippen LogP contribution in [-0.4, -0.2) is 26.0 Å². The first-order valence-electron chi connectivity index (χ1n) is 8.62. The minimum absolute atomic E-state index is 0.404. The Morgan fingerprint density at radius 1 is 1.04 bits per heavy atom. The van der Waals surface area contributed by atoms with Crippen LogP contribution in [0.3, 0.4) is 0 Å². The van der Waals surface area contributed by atoms with Crippen molar-refractivity contribution in [2.75, 3.05) is 14.2 Å². The number of hydrogen-bond donors (Lipinski definition) is 0. The van der Waals surface area contributed by atoms with Gasteiger partial charge in [-0.15, -0.1) is 11.3 Å². The van der Waals surface area contributed by atoms with Crippen molar-refractivity contribution in [3.8, 4) is 11.5 Å². The SMILES string of the molecule is COc1cc2c(cc1OC)[C@@H]1CCCC[C@@H]1N=C2c1ccc(C)s1. The summed E-state index contributed by atoms with van der Waals surface area (Å²) in [5, 5.41) is 0. The molecule has 2 aromatic rings. The highest BCUT2D eigenvalue weighted by atomic mass is 32.1. The Balaban J connectivity index is 1.91. The van der Waals surface area contributed by atoms with Crippen LogP contribution in [0.1, 0.15) is 52.5 Å². The number of ether oxygens (including phenoxy) is 2. The highest BCUT2D eigenvalue weighted by Gasteiger charge is 2.34. The molecule has 0 bridgehead atoms. The van der Waals surface area contributed by atoms with E-state index in [1.807, 2.05) is 11.3 Å². The van der Waals surface area contributed by atoms with Crippen molar-refractivity contribution in [1.29, 1.82) is 0 Å². The number of nitrogens with zero attached hydrogens (tertiary/aromatic N) is 1. The van der Waals surface area contributed by atoms with E-state index in [-0.39, 0.29) is 0 Å². The van der Waals surface area contributed by atoms with Crippen molar-refractivity contribution in [3.63, 3.8) is 0 Å².